The molecule has 0 aliphatic heterocycles. The minimum absolute atomic E-state index is 0.282. The lowest BCUT2D eigenvalue weighted by Gasteiger charge is -2.30. The first-order chi connectivity index (χ1) is 7.83. The molecule has 17 heavy (non-hydrogen) atoms. The van der Waals surface area contributed by atoms with Gasteiger partial charge in [0.05, 0.1) is 0 Å². The second kappa shape index (κ2) is 4.87. The van der Waals surface area contributed by atoms with Gasteiger partial charge in [0, 0.05) is 18.4 Å². The Kier molecular flexibility index (Phi) is 3.93. The van der Waals surface area contributed by atoms with E-state index in [1.165, 1.54) is 0 Å². The van der Waals surface area contributed by atoms with Crippen LogP contribution < -0.4 is 5.32 Å². The molecule has 0 fully saturated rings. The minimum atomic E-state index is -3.35. The van der Waals surface area contributed by atoms with Gasteiger partial charge in [-0.15, -0.1) is 6.58 Å². The molecule has 0 aromatic carbocycles. The monoisotopic (exact) mass is 255 g/mol. The lowest BCUT2D eigenvalue weighted by atomic mass is 9.91. The van der Waals surface area contributed by atoms with Gasteiger partial charge in [-0.25, -0.2) is 8.42 Å². The maximum atomic E-state index is 11.9. The zero-order valence-electron chi connectivity index (χ0n) is 10.1. The lowest BCUT2D eigenvalue weighted by molar-refractivity contribution is -0.117. The van der Waals surface area contributed by atoms with Crippen LogP contribution in [0.25, 0.3) is 0 Å². The largest absolute Gasteiger partial charge is 0.349 e. The van der Waals surface area contributed by atoms with Crippen LogP contribution in [-0.4, -0.2) is 31.9 Å². The van der Waals surface area contributed by atoms with E-state index in [0.717, 1.165) is 6.26 Å². The Labute approximate surface area is 102 Å². The molecule has 0 saturated heterocycles. The van der Waals surface area contributed by atoms with Gasteiger partial charge in [0.1, 0.15) is 4.75 Å². The average molecular weight is 255 g/mol. The normalized spacial score (nSPS) is 24.0. The van der Waals surface area contributed by atoms with E-state index in [0.29, 0.717) is 13.0 Å². The maximum absolute atomic E-state index is 11.9. The third kappa shape index (κ3) is 2.66. The Morgan fingerprint density at radius 1 is 1.65 bits per heavy atom. The van der Waals surface area contributed by atoms with E-state index in [1.54, 1.807) is 31.2 Å². The third-order valence-corrected chi connectivity index (χ3v) is 4.97. The van der Waals surface area contributed by atoms with Gasteiger partial charge in [-0.1, -0.05) is 24.3 Å². The first-order valence-corrected chi connectivity index (χ1v) is 7.18. The standard InChI is InChI=1S/C12H17NO3S/c1-4-9-13-11(14)10-7-5-6-8-12(10,2)17(3,15)16/h4-7H,1,8-9H2,2-3H3,(H,13,14). The molecule has 1 atom stereocenters. The van der Waals surface area contributed by atoms with Gasteiger partial charge in [0.15, 0.2) is 9.84 Å². The Bertz CT molecular complexity index is 488. The van der Waals surface area contributed by atoms with Crippen LogP contribution in [0.5, 0.6) is 0 Å². The number of hydrogen-bond acceptors (Lipinski definition) is 3. The second-order valence-electron chi connectivity index (χ2n) is 4.21. The topological polar surface area (TPSA) is 63.2 Å². The zero-order chi connectivity index (χ0) is 13.1. The Morgan fingerprint density at radius 2 is 2.29 bits per heavy atom. The van der Waals surface area contributed by atoms with E-state index in [4.69, 9.17) is 0 Å². The fourth-order valence-corrected chi connectivity index (χ4v) is 2.63. The van der Waals surface area contributed by atoms with Crippen LogP contribution in [0.1, 0.15) is 13.3 Å². The molecule has 1 unspecified atom stereocenters. The zero-order valence-corrected chi connectivity index (χ0v) is 10.9. The van der Waals surface area contributed by atoms with Crippen molar-refractivity contribution in [1.82, 2.24) is 5.32 Å². The first-order valence-electron chi connectivity index (χ1n) is 5.29. The van der Waals surface area contributed by atoms with Gasteiger partial charge in [0.2, 0.25) is 5.91 Å². The van der Waals surface area contributed by atoms with Gasteiger partial charge < -0.3 is 5.32 Å². The summed E-state index contributed by atoms with van der Waals surface area (Å²) in [6, 6.07) is 0. The van der Waals surface area contributed by atoms with Crippen LogP contribution in [0, 0.1) is 0 Å². The predicted molar refractivity (Wildman–Crippen MR) is 68.3 cm³/mol. The van der Waals surface area contributed by atoms with E-state index < -0.39 is 14.6 Å². The second-order valence-corrected chi connectivity index (χ2v) is 6.66. The molecule has 94 valence electrons. The highest BCUT2D eigenvalue weighted by Gasteiger charge is 2.42. The summed E-state index contributed by atoms with van der Waals surface area (Å²) in [5.41, 5.74) is 0.282. The molecule has 0 aromatic heterocycles. The summed E-state index contributed by atoms with van der Waals surface area (Å²) < 4.78 is 22.5. The minimum Gasteiger partial charge on any atom is -0.349 e. The smallest absolute Gasteiger partial charge is 0.249 e. The van der Waals surface area contributed by atoms with Crippen molar-refractivity contribution < 1.29 is 13.2 Å². The van der Waals surface area contributed by atoms with Gasteiger partial charge in [-0.3, -0.25) is 4.79 Å². The van der Waals surface area contributed by atoms with E-state index in [-0.39, 0.29) is 11.5 Å². The quantitative estimate of drug-likeness (QED) is 0.762. The third-order valence-electron chi connectivity index (χ3n) is 2.95. The van der Waals surface area contributed by atoms with Crippen LogP contribution in [0.3, 0.4) is 0 Å². The van der Waals surface area contributed by atoms with Crippen molar-refractivity contribution in [2.75, 3.05) is 12.8 Å². The van der Waals surface area contributed by atoms with Crippen molar-refractivity contribution in [2.45, 2.75) is 18.1 Å². The van der Waals surface area contributed by atoms with E-state index >= 15 is 0 Å². The Hall–Kier alpha value is -1.36. The molecule has 5 heteroatoms. The number of allylic oxidation sites excluding steroid dienone is 3. The van der Waals surface area contributed by atoms with Gasteiger partial charge in [0.25, 0.3) is 0 Å². The first kappa shape index (κ1) is 13.7. The van der Waals surface area contributed by atoms with Crippen molar-refractivity contribution in [3.05, 3.63) is 36.5 Å². The van der Waals surface area contributed by atoms with Crippen LogP contribution in [0.4, 0.5) is 0 Å². The Balaban J connectivity index is 3.10. The molecule has 0 radical (unpaired) electrons. The van der Waals surface area contributed by atoms with Crippen LogP contribution in [0.15, 0.2) is 36.5 Å². The molecule has 4 nitrogen and oxygen atoms in total. The van der Waals surface area contributed by atoms with E-state index in [9.17, 15) is 13.2 Å². The van der Waals surface area contributed by atoms with Crippen LogP contribution in [-0.2, 0) is 14.6 Å². The fraction of sp³-hybridized carbons (Fsp3) is 0.417. The predicted octanol–water partition coefficient (Wildman–Crippen LogP) is 0.978. The number of carbonyl (C=O) groups excluding carboxylic acids is 1. The highest BCUT2D eigenvalue weighted by Crippen LogP contribution is 2.32. The number of amides is 1. The Morgan fingerprint density at radius 3 is 2.82 bits per heavy atom. The fourth-order valence-electron chi connectivity index (χ4n) is 1.67. The molecule has 1 amide bonds. The summed E-state index contributed by atoms with van der Waals surface area (Å²) in [6.45, 7) is 5.39. The molecular weight excluding hydrogens is 238 g/mol. The summed E-state index contributed by atoms with van der Waals surface area (Å²) in [5, 5.41) is 2.61. The summed E-state index contributed by atoms with van der Waals surface area (Å²) in [5.74, 6) is -0.359. The summed E-state index contributed by atoms with van der Waals surface area (Å²) in [7, 11) is -3.35. The van der Waals surface area contributed by atoms with Gasteiger partial charge >= 0.3 is 0 Å². The number of sulfone groups is 1. The molecule has 1 aliphatic carbocycles. The van der Waals surface area contributed by atoms with E-state index in [2.05, 4.69) is 11.9 Å². The highest BCUT2D eigenvalue weighted by atomic mass is 32.2. The van der Waals surface area contributed by atoms with Crippen molar-refractivity contribution >= 4 is 15.7 Å². The molecule has 1 rings (SSSR count). The van der Waals surface area contributed by atoms with Gasteiger partial charge in [-0.05, 0) is 13.3 Å². The summed E-state index contributed by atoms with van der Waals surface area (Å²) in [4.78, 5) is 11.9. The molecule has 1 aliphatic rings. The van der Waals surface area contributed by atoms with Crippen molar-refractivity contribution in [2.24, 2.45) is 0 Å². The molecule has 0 heterocycles. The summed E-state index contributed by atoms with van der Waals surface area (Å²) >= 11 is 0. The van der Waals surface area contributed by atoms with Crippen molar-refractivity contribution in [3.8, 4) is 0 Å². The van der Waals surface area contributed by atoms with Gasteiger partial charge in [-0.2, -0.15) is 0 Å². The highest BCUT2D eigenvalue weighted by molar-refractivity contribution is 7.92. The molecule has 0 bridgehead atoms. The number of rotatable bonds is 4. The molecule has 1 N–H and O–H groups in total. The number of carbonyl (C=O) groups is 1. The average Bonchev–Trinajstić information content (AvgIpc) is 2.25. The maximum Gasteiger partial charge on any atom is 0.249 e. The van der Waals surface area contributed by atoms with Crippen molar-refractivity contribution in [3.63, 3.8) is 0 Å². The van der Waals surface area contributed by atoms with Crippen molar-refractivity contribution in [1.29, 1.82) is 0 Å². The molecular formula is C12H17NO3S. The summed E-state index contributed by atoms with van der Waals surface area (Å²) in [6.07, 6.45) is 8.04. The lowest BCUT2D eigenvalue weighted by Crippen LogP contribution is -2.43. The molecule has 0 spiro atoms. The molecule has 0 aromatic rings. The van der Waals surface area contributed by atoms with Crippen LogP contribution in [0.2, 0.25) is 0 Å². The van der Waals surface area contributed by atoms with E-state index in [1.807, 2.05) is 0 Å². The number of nitrogens with one attached hydrogen (secondary N) is 1. The number of hydrogen-bond donors (Lipinski definition) is 1. The SMILES string of the molecule is C=CCNC(=O)C1=CC=CCC1(C)S(C)(=O)=O. The molecule has 0 saturated carbocycles. The van der Waals surface area contributed by atoms with Crippen LogP contribution >= 0.6 is 0 Å².